The van der Waals surface area contributed by atoms with Crippen LogP contribution in [-0.2, 0) is 0 Å². The molecule has 0 saturated carbocycles. The van der Waals surface area contributed by atoms with Crippen LogP contribution in [0.25, 0.3) is 0 Å². The molecule has 0 atom stereocenters. The maximum Gasteiger partial charge on any atom is -0.0323 e. The van der Waals surface area contributed by atoms with Crippen molar-refractivity contribution >= 4 is 0 Å². The topological polar surface area (TPSA) is 0 Å². The normalized spacial score (nSPS) is 11.7. The summed E-state index contributed by atoms with van der Waals surface area (Å²) in [5.41, 5.74) is 2.80. The molecule has 64 valence electrons. The van der Waals surface area contributed by atoms with Gasteiger partial charge in [0.2, 0.25) is 0 Å². The van der Waals surface area contributed by atoms with Gasteiger partial charge in [0, 0.05) is 0 Å². The SMILES string of the molecule is C=C(C)CCC/C=C(\C)CC. The molecule has 0 spiro atoms. The standard InChI is InChI=1S/C11H20/c1-5-11(4)9-7-6-8-10(2)3/h9H,2,5-8H2,1,3-4H3/b11-9+. The second kappa shape index (κ2) is 6.21. The average Bonchev–Trinajstić information content (AvgIpc) is 1.97. The Labute approximate surface area is 71.0 Å². The lowest BCUT2D eigenvalue weighted by atomic mass is 10.1. The first-order valence-electron chi connectivity index (χ1n) is 4.46. The molecule has 0 nitrogen and oxygen atoms in total. The highest BCUT2D eigenvalue weighted by molar-refractivity contribution is 4.97. The van der Waals surface area contributed by atoms with Gasteiger partial charge in [-0.15, -0.1) is 6.58 Å². The fraction of sp³-hybridized carbons (Fsp3) is 0.636. The van der Waals surface area contributed by atoms with E-state index in [-0.39, 0.29) is 0 Å². The number of unbranched alkanes of at least 4 members (excludes halogenated alkanes) is 1. The van der Waals surface area contributed by atoms with Gasteiger partial charge in [-0.25, -0.2) is 0 Å². The van der Waals surface area contributed by atoms with Crippen molar-refractivity contribution < 1.29 is 0 Å². The molecule has 0 aliphatic carbocycles. The highest BCUT2D eigenvalue weighted by Crippen LogP contribution is 2.07. The minimum atomic E-state index is 1.17. The van der Waals surface area contributed by atoms with Crippen LogP contribution in [0.5, 0.6) is 0 Å². The van der Waals surface area contributed by atoms with E-state index in [9.17, 15) is 0 Å². The molecular formula is C11H20. The summed E-state index contributed by atoms with van der Waals surface area (Å²) in [7, 11) is 0. The van der Waals surface area contributed by atoms with Gasteiger partial charge >= 0.3 is 0 Å². The lowest BCUT2D eigenvalue weighted by Crippen LogP contribution is -1.76. The summed E-state index contributed by atoms with van der Waals surface area (Å²) in [4.78, 5) is 0. The van der Waals surface area contributed by atoms with E-state index in [1.807, 2.05) is 0 Å². The predicted octanol–water partition coefficient (Wildman–Crippen LogP) is 4.09. The van der Waals surface area contributed by atoms with Crippen LogP contribution in [0.2, 0.25) is 0 Å². The van der Waals surface area contributed by atoms with Crippen molar-refractivity contribution in [3.05, 3.63) is 23.8 Å². The van der Waals surface area contributed by atoms with E-state index < -0.39 is 0 Å². The Morgan fingerprint density at radius 2 is 2.00 bits per heavy atom. The van der Waals surface area contributed by atoms with Crippen molar-refractivity contribution in [2.24, 2.45) is 0 Å². The van der Waals surface area contributed by atoms with Crippen molar-refractivity contribution in [3.8, 4) is 0 Å². The molecule has 0 fully saturated rings. The van der Waals surface area contributed by atoms with Crippen LogP contribution in [0.15, 0.2) is 23.8 Å². The van der Waals surface area contributed by atoms with Crippen molar-refractivity contribution in [1.82, 2.24) is 0 Å². The molecule has 0 aromatic rings. The first kappa shape index (κ1) is 10.5. The average molecular weight is 152 g/mol. The third kappa shape index (κ3) is 7.38. The molecule has 0 aromatic heterocycles. The molecule has 0 heterocycles. The van der Waals surface area contributed by atoms with Crippen molar-refractivity contribution in [2.75, 3.05) is 0 Å². The van der Waals surface area contributed by atoms with Gasteiger partial charge in [0.15, 0.2) is 0 Å². The zero-order valence-corrected chi connectivity index (χ0v) is 8.11. The lowest BCUT2D eigenvalue weighted by Gasteiger charge is -1.97. The van der Waals surface area contributed by atoms with Gasteiger partial charge in [0.05, 0.1) is 0 Å². The lowest BCUT2D eigenvalue weighted by molar-refractivity contribution is 0.826. The predicted molar refractivity (Wildman–Crippen MR) is 52.7 cm³/mol. The highest BCUT2D eigenvalue weighted by Gasteiger charge is 1.87. The van der Waals surface area contributed by atoms with Gasteiger partial charge in [-0.05, 0) is 39.5 Å². The molecule has 0 saturated heterocycles. The molecule has 0 bridgehead atoms. The zero-order chi connectivity index (χ0) is 8.69. The van der Waals surface area contributed by atoms with Crippen LogP contribution in [0.3, 0.4) is 0 Å². The van der Waals surface area contributed by atoms with E-state index in [2.05, 4.69) is 33.4 Å². The molecular weight excluding hydrogens is 132 g/mol. The molecule has 0 N–H and O–H groups in total. The molecule has 0 unspecified atom stereocenters. The number of allylic oxidation sites excluding steroid dienone is 3. The first-order valence-corrected chi connectivity index (χ1v) is 4.46. The van der Waals surface area contributed by atoms with Crippen LogP contribution < -0.4 is 0 Å². The van der Waals surface area contributed by atoms with Gasteiger partial charge in [0.25, 0.3) is 0 Å². The molecule has 0 aliphatic rings. The Hall–Kier alpha value is -0.520. The highest BCUT2D eigenvalue weighted by atomic mass is 13.9. The van der Waals surface area contributed by atoms with Crippen LogP contribution in [0.1, 0.15) is 46.5 Å². The fourth-order valence-corrected chi connectivity index (χ4v) is 0.897. The third-order valence-corrected chi connectivity index (χ3v) is 1.86. The number of rotatable bonds is 5. The zero-order valence-electron chi connectivity index (χ0n) is 8.11. The summed E-state index contributed by atoms with van der Waals surface area (Å²) in [5, 5.41) is 0. The van der Waals surface area contributed by atoms with Crippen molar-refractivity contribution in [1.29, 1.82) is 0 Å². The first-order chi connectivity index (χ1) is 5.16. The van der Waals surface area contributed by atoms with E-state index >= 15 is 0 Å². The van der Waals surface area contributed by atoms with Gasteiger partial charge in [0.1, 0.15) is 0 Å². The van der Waals surface area contributed by atoms with Crippen LogP contribution in [0.4, 0.5) is 0 Å². The van der Waals surface area contributed by atoms with E-state index in [1.54, 1.807) is 0 Å². The minimum Gasteiger partial charge on any atom is -0.100 e. The second-order valence-electron chi connectivity index (χ2n) is 3.25. The Kier molecular flexibility index (Phi) is 5.91. The minimum absolute atomic E-state index is 1.17. The summed E-state index contributed by atoms with van der Waals surface area (Å²) < 4.78 is 0. The van der Waals surface area contributed by atoms with E-state index in [0.29, 0.717) is 0 Å². The smallest absolute Gasteiger partial charge is 0.0323 e. The maximum absolute atomic E-state index is 3.87. The fourth-order valence-electron chi connectivity index (χ4n) is 0.897. The summed E-state index contributed by atoms with van der Waals surface area (Å²) >= 11 is 0. The van der Waals surface area contributed by atoms with Crippen LogP contribution in [0, 0.1) is 0 Å². The van der Waals surface area contributed by atoms with Crippen LogP contribution in [-0.4, -0.2) is 0 Å². The van der Waals surface area contributed by atoms with Crippen molar-refractivity contribution in [2.45, 2.75) is 46.5 Å². The van der Waals surface area contributed by atoms with E-state index in [1.165, 1.54) is 36.8 Å². The summed E-state index contributed by atoms with van der Waals surface area (Å²) in [5.74, 6) is 0. The quantitative estimate of drug-likeness (QED) is 0.411. The largest absolute Gasteiger partial charge is 0.100 e. The summed E-state index contributed by atoms with van der Waals surface area (Å²) in [6, 6.07) is 0. The maximum atomic E-state index is 3.87. The molecule has 0 heteroatoms. The Bertz CT molecular complexity index is 140. The van der Waals surface area contributed by atoms with E-state index in [4.69, 9.17) is 0 Å². The number of hydrogen-bond acceptors (Lipinski definition) is 0. The Morgan fingerprint density at radius 1 is 1.36 bits per heavy atom. The van der Waals surface area contributed by atoms with Gasteiger partial charge in [-0.2, -0.15) is 0 Å². The van der Waals surface area contributed by atoms with Gasteiger partial charge in [-0.3, -0.25) is 0 Å². The molecule has 0 radical (unpaired) electrons. The Balaban J connectivity index is 3.33. The van der Waals surface area contributed by atoms with Gasteiger partial charge in [-0.1, -0.05) is 24.1 Å². The van der Waals surface area contributed by atoms with Gasteiger partial charge < -0.3 is 0 Å². The molecule has 0 rings (SSSR count). The van der Waals surface area contributed by atoms with Crippen LogP contribution >= 0.6 is 0 Å². The molecule has 0 amide bonds. The second-order valence-corrected chi connectivity index (χ2v) is 3.25. The molecule has 11 heavy (non-hydrogen) atoms. The summed E-state index contributed by atoms with van der Waals surface area (Å²) in [6.07, 6.45) is 7.17. The monoisotopic (exact) mass is 152 g/mol. The molecule has 0 aromatic carbocycles. The summed E-state index contributed by atoms with van der Waals surface area (Å²) in [6.45, 7) is 10.4. The molecule has 0 aliphatic heterocycles. The number of hydrogen-bond donors (Lipinski definition) is 0. The Morgan fingerprint density at radius 3 is 2.45 bits per heavy atom. The van der Waals surface area contributed by atoms with E-state index in [0.717, 1.165) is 0 Å². The third-order valence-electron chi connectivity index (χ3n) is 1.86. The van der Waals surface area contributed by atoms with Crippen molar-refractivity contribution in [3.63, 3.8) is 0 Å².